The molecule has 1 aromatic carbocycles. The quantitative estimate of drug-likeness (QED) is 0.662. The van der Waals surface area contributed by atoms with Crippen LogP contribution in [0.15, 0.2) is 24.5 Å². The van der Waals surface area contributed by atoms with Gasteiger partial charge < -0.3 is 4.74 Å². The number of aryl methyl sites for hydroxylation is 1. The van der Waals surface area contributed by atoms with Crippen LogP contribution >= 0.6 is 0 Å². The van der Waals surface area contributed by atoms with Gasteiger partial charge in [-0.25, -0.2) is 9.97 Å². The van der Waals surface area contributed by atoms with E-state index >= 15 is 0 Å². The van der Waals surface area contributed by atoms with Gasteiger partial charge in [0.15, 0.2) is 5.78 Å². The van der Waals surface area contributed by atoms with Crippen molar-refractivity contribution >= 4 is 16.7 Å². The van der Waals surface area contributed by atoms with Crippen LogP contribution in [0, 0.1) is 12.3 Å². The number of nitrogens with zero attached hydrogens (tertiary/aromatic N) is 4. The second kappa shape index (κ2) is 6.52. The van der Waals surface area contributed by atoms with Crippen molar-refractivity contribution in [2.45, 2.75) is 41.2 Å². The predicted molar refractivity (Wildman–Crippen MR) is 102 cm³/mol. The van der Waals surface area contributed by atoms with Crippen LogP contribution in [0.25, 0.3) is 22.0 Å². The van der Waals surface area contributed by atoms with Crippen molar-refractivity contribution in [3.63, 3.8) is 0 Å². The van der Waals surface area contributed by atoms with Crippen molar-refractivity contribution in [2.24, 2.45) is 5.41 Å². The van der Waals surface area contributed by atoms with Crippen molar-refractivity contribution in [3.05, 3.63) is 36.0 Å². The molecule has 0 unspecified atom stereocenters. The van der Waals surface area contributed by atoms with Crippen LogP contribution in [0.1, 0.15) is 44.0 Å². The molecular weight excluding hydrogens is 328 g/mol. The maximum Gasteiger partial charge on any atom is 0.180 e. The van der Waals surface area contributed by atoms with Crippen molar-refractivity contribution in [3.8, 4) is 16.9 Å². The molecule has 26 heavy (non-hydrogen) atoms. The molecule has 0 bridgehead atoms. The topological polar surface area (TPSA) is 69.9 Å². The molecule has 0 aliphatic rings. The Morgan fingerprint density at radius 1 is 1.15 bits per heavy atom. The summed E-state index contributed by atoms with van der Waals surface area (Å²) in [5, 5.41) is 5.38. The fourth-order valence-corrected chi connectivity index (χ4v) is 2.97. The van der Waals surface area contributed by atoms with E-state index in [9.17, 15) is 4.79 Å². The zero-order valence-corrected chi connectivity index (χ0v) is 16.1. The smallest absolute Gasteiger partial charge is 0.180 e. The first-order valence-corrected chi connectivity index (χ1v) is 8.58. The van der Waals surface area contributed by atoms with Gasteiger partial charge in [-0.2, -0.15) is 5.10 Å². The summed E-state index contributed by atoms with van der Waals surface area (Å²) in [6.45, 7) is 10.5. The van der Waals surface area contributed by atoms with E-state index in [0.717, 1.165) is 22.0 Å². The van der Waals surface area contributed by atoms with E-state index in [-0.39, 0.29) is 11.2 Å². The first-order valence-electron chi connectivity index (χ1n) is 8.58. The lowest BCUT2D eigenvalue weighted by atomic mass is 9.97. The zero-order valence-electron chi connectivity index (χ0n) is 16.1. The molecule has 0 amide bonds. The second-order valence-corrected chi connectivity index (χ2v) is 7.72. The van der Waals surface area contributed by atoms with Gasteiger partial charge in [-0.1, -0.05) is 20.8 Å². The largest absolute Gasteiger partial charge is 0.494 e. The number of rotatable bonds is 4. The summed E-state index contributed by atoms with van der Waals surface area (Å²) in [7, 11) is 1.63. The summed E-state index contributed by atoms with van der Waals surface area (Å²) < 4.78 is 7.52. The number of fused-ring (bicyclic) bond motifs is 1. The van der Waals surface area contributed by atoms with Gasteiger partial charge in [-0.3, -0.25) is 9.48 Å². The van der Waals surface area contributed by atoms with Crippen LogP contribution < -0.4 is 4.74 Å². The normalized spacial score (nSPS) is 11.8. The van der Waals surface area contributed by atoms with Crippen molar-refractivity contribution in [1.29, 1.82) is 0 Å². The summed E-state index contributed by atoms with van der Waals surface area (Å²) in [4.78, 5) is 20.7. The minimum absolute atomic E-state index is 0.0154. The molecule has 6 heteroatoms. The number of methoxy groups -OCH3 is 1. The molecule has 6 nitrogen and oxygen atoms in total. The second-order valence-electron chi connectivity index (χ2n) is 7.72. The van der Waals surface area contributed by atoms with Crippen LogP contribution in [0.3, 0.4) is 0 Å². The molecule has 0 N–H and O–H groups in total. The van der Waals surface area contributed by atoms with E-state index in [1.165, 1.54) is 6.92 Å². The Morgan fingerprint density at radius 2 is 1.81 bits per heavy atom. The van der Waals surface area contributed by atoms with Gasteiger partial charge in [0.05, 0.1) is 7.11 Å². The summed E-state index contributed by atoms with van der Waals surface area (Å²) in [5.74, 6) is 1.33. The van der Waals surface area contributed by atoms with Gasteiger partial charge in [0.2, 0.25) is 0 Å². The molecule has 0 aliphatic carbocycles. The number of ketones is 1. The summed E-state index contributed by atoms with van der Waals surface area (Å²) in [5.41, 5.74) is 3.07. The van der Waals surface area contributed by atoms with Gasteiger partial charge in [0.1, 0.15) is 22.8 Å². The molecular formula is C20H24N4O2. The third kappa shape index (κ3) is 3.45. The Labute approximate surface area is 153 Å². The Bertz CT molecular complexity index is 966. The molecule has 0 radical (unpaired) electrons. The molecule has 0 fully saturated rings. The maximum atomic E-state index is 12.2. The zero-order chi connectivity index (χ0) is 19.1. The Balaban J connectivity index is 2.28. The van der Waals surface area contributed by atoms with E-state index in [1.807, 2.05) is 23.7 Å². The highest BCUT2D eigenvalue weighted by Gasteiger charge is 2.22. The maximum absolute atomic E-state index is 12.2. The minimum Gasteiger partial charge on any atom is -0.494 e. The standard InChI is InChI=1S/C20H24N4O2/c1-12(25)18-16-7-14(15-9-21-13(2)22-10-15)8-17(26-6)19(16)24(23-18)11-20(3,4)5/h7-10H,11H2,1-6H3. The van der Waals surface area contributed by atoms with Crippen LogP contribution in [0.2, 0.25) is 0 Å². The molecule has 3 aromatic rings. The molecule has 2 aromatic heterocycles. The number of benzene rings is 1. The van der Waals surface area contributed by atoms with Crippen molar-refractivity contribution in [2.75, 3.05) is 7.11 Å². The first-order chi connectivity index (χ1) is 12.2. The molecule has 0 aliphatic heterocycles. The molecule has 136 valence electrons. The van der Waals surface area contributed by atoms with Crippen LogP contribution in [0.5, 0.6) is 5.75 Å². The average molecular weight is 352 g/mol. The lowest BCUT2D eigenvalue weighted by molar-refractivity contribution is 0.101. The lowest BCUT2D eigenvalue weighted by Gasteiger charge is -2.19. The van der Waals surface area contributed by atoms with Crippen LogP contribution in [-0.2, 0) is 6.54 Å². The van der Waals surface area contributed by atoms with Gasteiger partial charge in [0, 0.05) is 36.8 Å². The minimum atomic E-state index is -0.0676. The lowest BCUT2D eigenvalue weighted by Crippen LogP contribution is -2.17. The highest BCUT2D eigenvalue weighted by Crippen LogP contribution is 2.35. The predicted octanol–water partition coefficient (Wildman–Crippen LogP) is 4.06. The Kier molecular flexibility index (Phi) is 4.52. The number of carbonyl (C=O) groups is 1. The van der Waals surface area contributed by atoms with E-state index in [1.54, 1.807) is 19.5 Å². The average Bonchev–Trinajstić information content (AvgIpc) is 2.91. The summed E-state index contributed by atoms with van der Waals surface area (Å²) in [6, 6.07) is 3.91. The Morgan fingerprint density at radius 3 is 2.35 bits per heavy atom. The van der Waals surface area contributed by atoms with E-state index in [0.29, 0.717) is 23.8 Å². The number of Topliss-reactive ketones (excluding diaryl/α,β-unsaturated/α-hetero) is 1. The molecule has 0 saturated heterocycles. The molecule has 0 atom stereocenters. The van der Waals surface area contributed by atoms with Gasteiger partial charge in [-0.15, -0.1) is 0 Å². The van der Waals surface area contributed by atoms with Crippen LogP contribution in [0.4, 0.5) is 0 Å². The number of hydrogen-bond acceptors (Lipinski definition) is 5. The van der Waals surface area contributed by atoms with Crippen molar-refractivity contribution < 1.29 is 9.53 Å². The highest BCUT2D eigenvalue weighted by atomic mass is 16.5. The number of hydrogen-bond donors (Lipinski definition) is 0. The summed E-state index contributed by atoms with van der Waals surface area (Å²) >= 11 is 0. The molecule has 0 saturated carbocycles. The van der Waals surface area contributed by atoms with E-state index in [2.05, 4.69) is 35.8 Å². The molecule has 2 heterocycles. The van der Waals surface area contributed by atoms with E-state index < -0.39 is 0 Å². The molecule has 3 rings (SSSR count). The fourth-order valence-electron chi connectivity index (χ4n) is 2.97. The Hall–Kier alpha value is -2.76. The third-order valence-electron chi connectivity index (χ3n) is 4.10. The summed E-state index contributed by atoms with van der Waals surface area (Å²) in [6.07, 6.45) is 3.55. The SMILES string of the molecule is COc1cc(-c2cnc(C)nc2)cc2c(C(C)=O)nn(CC(C)(C)C)c12. The highest BCUT2D eigenvalue weighted by molar-refractivity contribution is 6.07. The van der Waals surface area contributed by atoms with Crippen LogP contribution in [-0.4, -0.2) is 32.6 Å². The van der Waals surface area contributed by atoms with Gasteiger partial charge >= 0.3 is 0 Å². The molecule has 0 spiro atoms. The fraction of sp³-hybridized carbons (Fsp3) is 0.400. The number of aromatic nitrogens is 4. The van der Waals surface area contributed by atoms with Gasteiger partial charge in [0.25, 0.3) is 0 Å². The monoisotopic (exact) mass is 352 g/mol. The number of carbonyl (C=O) groups excluding carboxylic acids is 1. The van der Waals surface area contributed by atoms with Crippen molar-refractivity contribution in [1.82, 2.24) is 19.7 Å². The number of ether oxygens (including phenoxy) is 1. The van der Waals surface area contributed by atoms with E-state index in [4.69, 9.17) is 4.74 Å². The van der Waals surface area contributed by atoms with Gasteiger partial charge in [-0.05, 0) is 30.0 Å². The third-order valence-corrected chi connectivity index (χ3v) is 4.10. The first kappa shape index (κ1) is 18.0.